The molecule has 0 unspecified atom stereocenters. The zero-order valence-electron chi connectivity index (χ0n) is 13.2. The average molecular weight is 265 g/mol. The zero-order chi connectivity index (χ0) is 14.8. The predicted molar refractivity (Wildman–Crippen MR) is 81.8 cm³/mol. The van der Waals surface area contributed by atoms with Crippen molar-refractivity contribution in [1.82, 2.24) is 4.98 Å². The molecule has 0 amide bonds. The Morgan fingerprint density at radius 1 is 1.16 bits per heavy atom. The fourth-order valence-electron chi connectivity index (χ4n) is 1.82. The Morgan fingerprint density at radius 2 is 1.74 bits per heavy atom. The van der Waals surface area contributed by atoms with Gasteiger partial charge in [-0.05, 0) is 38.3 Å². The third-order valence-electron chi connectivity index (χ3n) is 2.38. The van der Waals surface area contributed by atoms with Crippen LogP contribution in [-0.2, 0) is 0 Å². The molecule has 0 radical (unpaired) electrons. The molecule has 19 heavy (non-hydrogen) atoms. The third kappa shape index (κ3) is 5.37. The first kappa shape index (κ1) is 15.6. The largest absolute Gasteiger partial charge is 0.470 e. The maximum Gasteiger partial charge on any atom is 0.239 e. The van der Waals surface area contributed by atoms with Crippen LogP contribution in [-0.4, -0.2) is 24.2 Å². The number of rotatable bonds is 3. The van der Waals surface area contributed by atoms with Crippen LogP contribution in [0.25, 0.3) is 0 Å². The van der Waals surface area contributed by atoms with Gasteiger partial charge in [0, 0.05) is 13.6 Å². The second-order valence-corrected chi connectivity index (χ2v) is 7.19. The Balaban J connectivity index is 2.96. The van der Waals surface area contributed by atoms with E-state index < -0.39 is 0 Å². The summed E-state index contributed by atoms with van der Waals surface area (Å²) < 4.78 is 5.79. The normalized spacial score (nSPS) is 12.4. The Hall–Kier alpha value is -1.45. The molecule has 0 atom stereocenters. The summed E-state index contributed by atoms with van der Waals surface area (Å²) in [6.45, 7) is 13.5. The molecule has 1 rings (SSSR count). The van der Waals surface area contributed by atoms with E-state index in [0.717, 1.165) is 12.4 Å². The zero-order valence-corrected chi connectivity index (χ0v) is 13.2. The summed E-state index contributed by atoms with van der Waals surface area (Å²) in [5.41, 5.74) is 6.40. The van der Waals surface area contributed by atoms with Crippen molar-refractivity contribution in [2.75, 3.05) is 24.2 Å². The summed E-state index contributed by atoms with van der Waals surface area (Å²) in [6, 6.07) is 3.78. The Kier molecular flexibility index (Phi) is 4.33. The molecule has 0 aliphatic heterocycles. The van der Waals surface area contributed by atoms with Gasteiger partial charge in [0.15, 0.2) is 0 Å². The van der Waals surface area contributed by atoms with E-state index in [0.29, 0.717) is 11.6 Å². The molecule has 0 spiro atoms. The highest BCUT2D eigenvalue weighted by Crippen LogP contribution is 2.27. The quantitative estimate of drug-likeness (QED) is 0.911. The number of pyridine rings is 1. The molecule has 4 nitrogen and oxygen atoms in total. The van der Waals surface area contributed by atoms with Crippen LogP contribution in [0.1, 0.15) is 41.5 Å². The van der Waals surface area contributed by atoms with E-state index in [-0.39, 0.29) is 11.0 Å². The summed E-state index contributed by atoms with van der Waals surface area (Å²) in [5.74, 6) is 1.38. The average Bonchev–Trinajstić information content (AvgIpc) is 2.16. The Bertz CT molecular complexity index is 430. The number of ether oxygens (including phenoxy) is 1. The van der Waals surface area contributed by atoms with Crippen molar-refractivity contribution in [2.24, 2.45) is 5.41 Å². The second-order valence-electron chi connectivity index (χ2n) is 7.19. The number of nitrogens with zero attached hydrogens (tertiary/aromatic N) is 2. The smallest absolute Gasteiger partial charge is 0.239 e. The van der Waals surface area contributed by atoms with Gasteiger partial charge in [-0.3, -0.25) is 0 Å². The Morgan fingerprint density at radius 3 is 2.21 bits per heavy atom. The molecule has 0 aliphatic rings. The Labute approximate surface area is 117 Å². The lowest BCUT2D eigenvalue weighted by atomic mass is 9.96. The van der Waals surface area contributed by atoms with Crippen molar-refractivity contribution in [1.29, 1.82) is 0 Å². The van der Waals surface area contributed by atoms with Crippen molar-refractivity contribution in [2.45, 2.75) is 47.1 Å². The lowest BCUT2D eigenvalue weighted by molar-refractivity contribution is 0.125. The van der Waals surface area contributed by atoms with Gasteiger partial charge in [0.05, 0.1) is 5.69 Å². The lowest BCUT2D eigenvalue weighted by Gasteiger charge is -2.28. The minimum Gasteiger partial charge on any atom is -0.470 e. The maximum atomic E-state index is 5.92. The number of anilines is 2. The fraction of sp³-hybridized carbons (Fsp3) is 0.667. The summed E-state index contributed by atoms with van der Waals surface area (Å²) in [6.07, 6.45) is 0. The van der Waals surface area contributed by atoms with Gasteiger partial charge in [0.25, 0.3) is 0 Å². The van der Waals surface area contributed by atoms with Gasteiger partial charge in [-0.2, -0.15) is 4.98 Å². The van der Waals surface area contributed by atoms with Crippen LogP contribution in [0.5, 0.6) is 5.88 Å². The van der Waals surface area contributed by atoms with E-state index in [1.807, 2.05) is 40.0 Å². The molecule has 0 aromatic carbocycles. The number of nitrogens with two attached hydrogens (primary N) is 1. The van der Waals surface area contributed by atoms with Crippen LogP contribution in [0.2, 0.25) is 0 Å². The highest BCUT2D eigenvalue weighted by molar-refractivity contribution is 5.54. The summed E-state index contributed by atoms with van der Waals surface area (Å²) in [4.78, 5) is 6.64. The van der Waals surface area contributed by atoms with Crippen molar-refractivity contribution in [3.63, 3.8) is 0 Å². The van der Waals surface area contributed by atoms with Crippen molar-refractivity contribution >= 4 is 11.5 Å². The van der Waals surface area contributed by atoms with E-state index >= 15 is 0 Å². The van der Waals surface area contributed by atoms with E-state index in [9.17, 15) is 0 Å². The molecule has 0 saturated carbocycles. The van der Waals surface area contributed by atoms with Crippen molar-refractivity contribution in [3.05, 3.63) is 12.1 Å². The first-order valence-electron chi connectivity index (χ1n) is 6.65. The van der Waals surface area contributed by atoms with Gasteiger partial charge in [0.1, 0.15) is 11.4 Å². The first-order chi connectivity index (χ1) is 8.48. The van der Waals surface area contributed by atoms with E-state index in [1.165, 1.54) is 0 Å². The van der Waals surface area contributed by atoms with Gasteiger partial charge >= 0.3 is 0 Å². The van der Waals surface area contributed by atoms with Crippen LogP contribution >= 0.6 is 0 Å². The maximum absolute atomic E-state index is 5.92. The molecular weight excluding hydrogens is 238 g/mol. The van der Waals surface area contributed by atoms with Crippen LogP contribution in [0.15, 0.2) is 12.1 Å². The first-order valence-corrected chi connectivity index (χ1v) is 6.65. The van der Waals surface area contributed by atoms with Gasteiger partial charge in [-0.25, -0.2) is 0 Å². The molecule has 1 aromatic heterocycles. The standard InChI is InChI=1S/C15H27N3O/c1-14(2,3)10-18(7)12-9-8-11(16)13(17-12)19-15(4,5)6/h8-9H,10,16H2,1-7H3. The van der Waals surface area contributed by atoms with Crippen molar-refractivity contribution in [3.8, 4) is 5.88 Å². The lowest BCUT2D eigenvalue weighted by Crippen LogP contribution is -2.30. The van der Waals surface area contributed by atoms with E-state index in [2.05, 4.69) is 30.7 Å². The second kappa shape index (κ2) is 5.27. The predicted octanol–water partition coefficient (Wildman–Crippen LogP) is 3.32. The van der Waals surface area contributed by atoms with Gasteiger partial charge in [0.2, 0.25) is 5.88 Å². The minimum absolute atomic E-state index is 0.211. The van der Waals surface area contributed by atoms with Crippen LogP contribution in [0.4, 0.5) is 11.5 Å². The van der Waals surface area contributed by atoms with Crippen molar-refractivity contribution < 1.29 is 4.74 Å². The molecular formula is C15H27N3O. The molecule has 2 N–H and O–H groups in total. The summed E-state index contributed by atoms with van der Waals surface area (Å²) >= 11 is 0. The molecule has 0 fully saturated rings. The molecule has 1 heterocycles. The monoisotopic (exact) mass is 265 g/mol. The summed E-state index contributed by atoms with van der Waals surface area (Å²) in [5, 5.41) is 0. The molecule has 0 aliphatic carbocycles. The summed E-state index contributed by atoms with van der Waals surface area (Å²) in [7, 11) is 2.03. The highest BCUT2D eigenvalue weighted by Gasteiger charge is 2.18. The van der Waals surface area contributed by atoms with Crippen LogP contribution < -0.4 is 15.4 Å². The van der Waals surface area contributed by atoms with Gasteiger partial charge in [-0.1, -0.05) is 20.8 Å². The number of hydrogen-bond acceptors (Lipinski definition) is 4. The number of nitrogen functional groups attached to an aromatic ring is 1. The number of aromatic nitrogens is 1. The molecule has 1 aromatic rings. The van der Waals surface area contributed by atoms with Crippen LogP contribution in [0.3, 0.4) is 0 Å². The fourth-order valence-corrected chi connectivity index (χ4v) is 1.82. The molecule has 0 bridgehead atoms. The van der Waals surface area contributed by atoms with E-state index in [1.54, 1.807) is 0 Å². The number of hydrogen-bond donors (Lipinski definition) is 1. The minimum atomic E-state index is -0.303. The van der Waals surface area contributed by atoms with Gasteiger partial charge < -0.3 is 15.4 Å². The topological polar surface area (TPSA) is 51.4 Å². The molecule has 4 heteroatoms. The van der Waals surface area contributed by atoms with Crippen LogP contribution in [0, 0.1) is 5.41 Å². The molecule has 108 valence electrons. The highest BCUT2D eigenvalue weighted by atomic mass is 16.5. The van der Waals surface area contributed by atoms with Gasteiger partial charge in [-0.15, -0.1) is 0 Å². The third-order valence-corrected chi connectivity index (χ3v) is 2.38. The SMILES string of the molecule is CN(CC(C)(C)C)c1ccc(N)c(OC(C)(C)C)n1. The van der Waals surface area contributed by atoms with E-state index in [4.69, 9.17) is 10.5 Å². The molecule has 0 saturated heterocycles.